The van der Waals surface area contributed by atoms with E-state index in [1.807, 2.05) is 6.20 Å². The summed E-state index contributed by atoms with van der Waals surface area (Å²) >= 11 is 0. The molecule has 0 atom stereocenters. The van der Waals surface area contributed by atoms with Gasteiger partial charge >= 0.3 is 0 Å². The van der Waals surface area contributed by atoms with Gasteiger partial charge in [0.05, 0.1) is 22.4 Å². The monoisotopic (exact) mass is 724 g/mol. The first kappa shape index (κ1) is 32.6. The van der Waals surface area contributed by atoms with Crippen molar-refractivity contribution in [1.82, 2.24) is 14.1 Å². The van der Waals surface area contributed by atoms with Crippen LogP contribution in [0, 0.1) is 0 Å². The molecule has 0 fully saturated rings. The average Bonchev–Trinajstić information content (AvgIpc) is 3.54. The van der Waals surface area contributed by atoms with Gasteiger partial charge in [-0.05, 0) is 103 Å². The van der Waals surface area contributed by atoms with Crippen LogP contribution < -0.4 is 4.90 Å². The summed E-state index contributed by atoms with van der Waals surface area (Å²) in [6.45, 7) is 0. The SMILES string of the molecule is CN(C1=C(C2=CC=CCC2)C=CC=CC1)c1nccc2c1oc1ccc(-n3c4c(c5cc(-n6c7c(c8ccccc86)C=CCC=C7)ccc53)CC=CC=C4)cc12. The molecule has 0 amide bonds. The van der Waals surface area contributed by atoms with Gasteiger partial charge in [0.2, 0.25) is 0 Å². The fourth-order valence-electron chi connectivity index (χ4n) is 9.16. The molecule has 5 nitrogen and oxygen atoms in total. The van der Waals surface area contributed by atoms with Gasteiger partial charge in [-0.15, -0.1) is 0 Å². The van der Waals surface area contributed by atoms with Crippen LogP contribution in [-0.4, -0.2) is 21.2 Å². The standard InChI is InChI=1S/C51H40N4O/c1-53(44-22-11-3-8-18-37(44)34-16-6-2-7-17-34)51-50-41(30-31-52-51)43-33-36(27-29-49(43)56-50)55-47-24-13-5-10-20-40(47)42-32-35(26-28-48(42)55)54-45-23-12-4-9-19-38(45)39-21-14-15-25-46(39)54/h2-3,5-6,8-16,18-19,21,23-33H,4,7,17,20,22H2,1H3. The highest BCUT2D eigenvalue weighted by molar-refractivity contribution is 6.09. The van der Waals surface area contributed by atoms with Crippen LogP contribution in [-0.2, 0) is 6.42 Å². The molecular weight excluding hydrogens is 685 g/mol. The minimum absolute atomic E-state index is 0.802. The van der Waals surface area contributed by atoms with Crippen LogP contribution in [0.25, 0.3) is 73.3 Å². The summed E-state index contributed by atoms with van der Waals surface area (Å²) in [4.78, 5) is 7.16. The highest BCUT2D eigenvalue weighted by atomic mass is 16.3. The number of para-hydroxylation sites is 1. The van der Waals surface area contributed by atoms with Crippen molar-refractivity contribution in [2.24, 2.45) is 0 Å². The third-order valence-corrected chi connectivity index (χ3v) is 11.8. The van der Waals surface area contributed by atoms with Crippen LogP contribution in [0.3, 0.4) is 0 Å². The molecule has 4 aliphatic rings. The molecule has 0 saturated heterocycles. The molecule has 4 heterocycles. The van der Waals surface area contributed by atoms with Crippen LogP contribution in [0.2, 0.25) is 0 Å². The van der Waals surface area contributed by atoms with Crippen LogP contribution in [0.1, 0.15) is 48.2 Å². The predicted molar refractivity (Wildman–Crippen MR) is 235 cm³/mol. The van der Waals surface area contributed by atoms with Gasteiger partial charge in [0.25, 0.3) is 0 Å². The van der Waals surface area contributed by atoms with Crippen molar-refractivity contribution in [2.75, 3.05) is 11.9 Å². The first-order chi connectivity index (χ1) is 27.7. The minimum atomic E-state index is 0.802. The number of anilines is 1. The maximum absolute atomic E-state index is 6.71. The summed E-state index contributed by atoms with van der Waals surface area (Å²) in [7, 11) is 2.12. The number of hydrogen-bond acceptors (Lipinski definition) is 3. The molecule has 0 aliphatic heterocycles. The van der Waals surface area contributed by atoms with E-state index < -0.39 is 0 Å². The Kier molecular flexibility index (Phi) is 7.66. The Bertz CT molecular complexity index is 3070. The van der Waals surface area contributed by atoms with Crippen molar-refractivity contribution >= 4 is 67.8 Å². The second-order valence-corrected chi connectivity index (χ2v) is 14.9. The van der Waals surface area contributed by atoms with Crippen molar-refractivity contribution in [3.63, 3.8) is 0 Å². The number of allylic oxidation sites excluding steroid dienone is 14. The first-order valence-electron chi connectivity index (χ1n) is 19.7. The van der Waals surface area contributed by atoms with Gasteiger partial charge in [-0.25, -0.2) is 4.98 Å². The van der Waals surface area contributed by atoms with E-state index >= 15 is 0 Å². The number of pyridine rings is 1. The predicted octanol–water partition coefficient (Wildman–Crippen LogP) is 12.9. The van der Waals surface area contributed by atoms with Crippen molar-refractivity contribution in [2.45, 2.75) is 32.1 Å². The second-order valence-electron chi connectivity index (χ2n) is 14.9. The highest BCUT2D eigenvalue weighted by Gasteiger charge is 2.24. The van der Waals surface area contributed by atoms with E-state index in [1.54, 1.807) is 0 Å². The summed E-state index contributed by atoms with van der Waals surface area (Å²) in [5, 5.41) is 4.67. The van der Waals surface area contributed by atoms with E-state index in [9.17, 15) is 0 Å². The Morgan fingerprint density at radius 2 is 1.46 bits per heavy atom. The molecule has 270 valence electrons. The summed E-state index contributed by atoms with van der Waals surface area (Å²) in [5.74, 6) is 0.825. The fraction of sp³-hybridized carbons (Fsp3) is 0.118. The number of fused-ring (bicyclic) bond motifs is 9. The van der Waals surface area contributed by atoms with E-state index in [0.717, 1.165) is 65.5 Å². The van der Waals surface area contributed by atoms with Crippen LogP contribution in [0.4, 0.5) is 5.82 Å². The molecule has 4 aromatic heterocycles. The topological polar surface area (TPSA) is 39.1 Å². The lowest BCUT2D eigenvalue weighted by Crippen LogP contribution is -2.20. The van der Waals surface area contributed by atoms with Crippen molar-refractivity contribution in [3.8, 4) is 11.4 Å². The van der Waals surface area contributed by atoms with Gasteiger partial charge in [0, 0.05) is 63.8 Å². The Balaban J connectivity index is 1.06. The van der Waals surface area contributed by atoms with Crippen molar-refractivity contribution in [1.29, 1.82) is 0 Å². The Labute approximate surface area is 325 Å². The summed E-state index contributed by atoms with van der Waals surface area (Å²) < 4.78 is 11.6. The molecule has 0 radical (unpaired) electrons. The number of rotatable bonds is 5. The molecule has 0 spiro atoms. The Hall–Kier alpha value is -6.85. The lowest BCUT2D eigenvalue weighted by Gasteiger charge is -2.25. The third kappa shape index (κ3) is 5.11. The normalized spacial score (nSPS) is 16.2. The van der Waals surface area contributed by atoms with Gasteiger partial charge < -0.3 is 18.5 Å². The molecular formula is C51H40N4O. The van der Waals surface area contributed by atoms with E-state index in [-0.39, 0.29) is 0 Å². The first-order valence-corrected chi connectivity index (χ1v) is 19.7. The van der Waals surface area contributed by atoms with Crippen molar-refractivity contribution < 1.29 is 4.42 Å². The van der Waals surface area contributed by atoms with Gasteiger partial charge in [-0.2, -0.15) is 0 Å². The van der Waals surface area contributed by atoms with E-state index in [2.05, 4.69) is 179 Å². The second kappa shape index (κ2) is 13.2. The number of furan rings is 1. The van der Waals surface area contributed by atoms with Gasteiger partial charge in [-0.3, -0.25) is 0 Å². The van der Waals surface area contributed by atoms with E-state index in [4.69, 9.17) is 9.40 Å². The zero-order valence-corrected chi connectivity index (χ0v) is 31.3. The molecule has 0 N–H and O–H groups in total. The van der Waals surface area contributed by atoms with Gasteiger partial charge in [0.15, 0.2) is 11.4 Å². The van der Waals surface area contributed by atoms with Gasteiger partial charge in [-0.1, -0.05) is 97.2 Å². The lowest BCUT2D eigenvalue weighted by molar-refractivity contribution is 0.665. The molecule has 7 aromatic rings. The van der Waals surface area contributed by atoms with Gasteiger partial charge in [0.1, 0.15) is 5.58 Å². The average molecular weight is 725 g/mol. The summed E-state index contributed by atoms with van der Waals surface area (Å²) in [6.07, 6.45) is 40.0. The molecule has 0 unspecified atom stereocenters. The molecule has 5 heteroatoms. The number of benzene rings is 3. The number of hydrogen-bond donors (Lipinski definition) is 0. The number of aromatic nitrogens is 3. The molecule has 0 saturated carbocycles. The van der Waals surface area contributed by atoms with E-state index in [1.165, 1.54) is 66.9 Å². The number of nitrogens with zero attached hydrogens (tertiary/aromatic N) is 4. The largest absolute Gasteiger partial charge is 0.452 e. The fourth-order valence-corrected chi connectivity index (χ4v) is 9.16. The zero-order chi connectivity index (χ0) is 37.2. The van der Waals surface area contributed by atoms with E-state index in [0.29, 0.717) is 0 Å². The summed E-state index contributed by atoms with van der Waals surface area (Å²) in [6, 6.07) is 24.5. The maximum atomic E-state index is 6.71. The van der Waals surface area contributed by atoms with Crippen LogP contribution in [0.5, 0.6) is 0 Å². The minimum Gasteiger partial charge on any atom is -0.452 e. The smallest absolute Gasteiger partial charge is 0.178 e. The Morgan fingerprint density at radius 3 is 2.38 bits per heavy atom. The third-order valence-electron chi connectivity index (χ3n) is 11.8. The lowest BCUT2D eigenvalue weighted by atomic mass is 9.94. The van der Waals surface area contributed by atoms with Crippen molar-refractivity contribution in [3.05, 3.63) is 185 Å². The quantitative estimate of drug-likeness (QED) is 0.177. The zero-order valence-electron chi connectivity index (χ0n) is 31.3. The molecule has 4 aliphatic carbocycles. The Morgan fingerprint density at radius 1 is 0.661 bits per heavy atom. The molecule has 3 aromatic carbocycles. The maximum Gasteiger partial charge on any atom is 0.178 e. The van der Waals surface area contributed by atoms with Crippen LogP contribution in [0.15, 0.2) is 167 Å². The van der Waals surface area contributed by atoms with Crippen LogP contribution >= 0.6 is 0 Å². The molecule has 56 heavy (non-hydrogen) atoms. The molecule has 0 bridgehead atoms. The highest BCUT2D eigenvalue weighted by Crippen LogP contribution is 2.41. The molecule has 11 rings (SSSR count). The summed E-state index contributed by atoms with van der Waals surface area (Å²) in [5.41, 5.74) is 15.2.